The average Bonchev–Trinajstić information content (AvgIpc) is 3.27. The molecule has 3 N–H and O–H groups in total. The molecule has 1 aliphatic rings. The number of nitrogens with one attached hydrogen (secondary N) is 1. The summed E-state index contributed by atoms with van der Waals surface area (Å²) >= 11 is 0. The summed E-state index contributed by atoms with van der Waals surface area (Å²) in [6.45, 7) is 5.38. The minimum absolute atomic E-state index is 0.0375. The zero-order valence-corrected chi connectivity index (χ0v) is 19.0. The topological polar surface area (TPSA) is 104 Å². The van der Waals surface area contributed by atoms with Gasteiger partial charge in [0.15, 0.2) is 0 Å². The quantitative estimate of drug-likeness (QED) is 0.444. The van der Waals surface area contributed by atoms with Crippen molar-refractivity contribution < 1.29 is 36.7 Å². The van der Waals surface area contributed by atoms with E-state index in [0.29, 0.717) is 30.8 Å². The molecule has 1 saturated heterocycles. The normalized spacial score (nSPS) is 18.1. The molecule has 0 bridgehead atoms. The molecule has 7 nitrogen and oxygen atoms in total. The number of aliphatic hydroxyl groups is 2. The Labute approximate surface area is 197 Å². The van der Waals surface area contributed by atoms with Gasteiger partial charge in [0.1, 0.15) is 11.2 Å². The zero-order valence-electron chi connectivity index (χ0n) is 19.0. The van der Waals surface area contributed by atoms with Crippen LogP contribution in [-0.4, -0.2) is 44.6 Å². The van der Waals surface area contributed by atoms with Gasteiger partial charge in [-0.15, -0.1) is 0 Å². The average molecular weight is 498 g/mol. The summed E-state index contributed by atoms with van der Waals surface area (Å²) < 4.78 is 71.1. The van der Waals surface area contributed by atoms with Crippen LogP contribution in [0.15, 0.2) is 47.2 Å². The van der Waals surface area contributed by atoms with E-state index in [-0.39, 0.29) is 22.8 Å². The Hall–Kier alpha value is -2.96. The summed E-state index contributed by atoms with van der Waals surface area (Å²) in [5.41, 5.74) is -4.55. The third-order valence-corrected chi connectivity index (χ3v) is 6.29. The molecule has 1 aliphatic heterocycles. The first-order valence-electron chi connectivity index (χ1n) is 10.6. The van der Waals surface area contributed by atoms with Crippen LogP contribution in [0.25, 0.3) is 11.4 Å². The molecule has 3 heterocycles. The molecule has 0 aliphatic carbocycles. The van der Waals surface area contributed by atoms with Gasteiger partial charge in [0, 0.05) is 47.6 Å². The highest BCUT2D eigenvalue weighted by Gasteiger charge is 2.59. The van der Waals surface area contributed by atoms with Crippen LogP contribution in [0.3, 0.4) is 0 Å². The number of hydrogen-bond donors (Lipinski definition) is 3. The lowest BCUT2D eigenvalue weighted by atomic mass is 9.63. The van der Waals surface area contributed by atoms with Gasteiger partial charge in [0.05, 0.1) is 0 Å². The van der Waals surface area contributed by atoms with Crippen molar-refractivity contribution in [3.05, 3.63) is 65.3 Å². The van der Waals surface area contributed by atoms with E-state index in [1.54, 1.807) is 6.92 Å². The van der Waals surface area contributed by atoms with Crippen molar-refractivity contribution in [3.63, 3.8) is 0 Å². The largest absolute Gasteiger partial charge is 0.458 e. The SMILES string of the molecule is CC(C)(O)c1nc(-c2cncc([C@@](O)(c3ccc(C(F)(F)C(F)(F)F)cc3)C3(C)CNC3)c2)no1. The van der Waals surface area contributed by atoms with Crippen molar-refractivity contribution in [2.75, 3.05) is 13.1 Å². The predicted molar refractivity (Wildman–Crippen MR) is 113 cm³/mol. The molecule has 3 aromatic rings. The summed E-state index contributed by atoms with van der Waals surface area (Å²) in [7, 11) is 0. The lowest BCUT2D eigenvalue weighted by Crippen LogP contribution is -2.63. The Morgan fingerprint density at radius 2 is 1.54 bits per heavy atom. The number of rotatable bonds is 6. The molecule has 0 radical (unpaired) electrons. The molecule has 1 aromatic carbocycles. The fourth-order valence-electron chi connectivity index (χ4n) is 4.05. The number of alkyl halides is 5. The van der Waals surface area contributed by atoms with E-state index in [1.807, 2.05) is 0 Å². The van der Waals surface area contributed by atoms with Gasteiger partial charge in [0.25, 0.3) is 5.89 Å². The van der Waals surface area contributed by atoms with Gasteiger partial charge in [-0.1, -0.05) is 36.3 Å². The lowest BCUT2D eigenvalue weighted by Gasteiger charge is -2.52. The molecule has 4 rings (SSSR count). The van der Waals surface area contributed by atoms with Gasteiger partial charge in [-0.25, -0.2) is 0 Å². The Bertz CT molecular complexity index is 1220. The van der Waals surface area contributed by atoms with Gasteiger partial charge in [0.2, 0.25) is 5.82 Å². The molecular weight excluding hydrogens is 475 g/mol. The second-order valence-electron chi connectivity index (χ2n) is 9.47. The third kappa shape index (κ3) is 4.09. The first kappa shape index (κ1) is 25.1. The lowest BCUT2D eigenvalue weighted by molar-refractivity contribution is -0.289. The van der Waals surface area contributed by atoms with E-state index >= 15 is 0 Å². The van der Waals surface area contributed by atoms with Gasteiger partial charge in [-0.3, -0.25) is 4.98 Å². The Balaban J connectivity index is 1.79. The molecule has 2 aromatic heterocycles. The van der Waals surface area contributed by atoms with Crippen LogP contribution >= 0.6 is 0 Å². The Morgan fingerprint density at radius 3 is 2.03 bits per heavy atom. The first-order valence-corrected chi connectivity index (χ1v) is 10.6. The Kier molecular flexibility index (Phi) is 5.77. The molecular formula is C23H23F5N4O3. The second kappa shape index (κ2) is 8.04. The standard InChI is InChI=1S/C23H23F5N4O3/c1-19(2,33)18-31-17(32-35-18)13-8-16(10-29-9-13)21(34,20(3)11-30-12-20)14-4-6-15(7-5-14)22(24,25)23(26,27)28/h4-10,30,33-34H,11-12H2,1-3H3/t21-/m0/s1. The molecule has 35 heavy (non-hydrogen) atoms. The van der Waals surface area contributed by atoms with Crippen molar-refractivity contribution in [3.8, 4) is 11.4 Å². The third-order valence-electron chi connectivity index (χ3n) is 6.29. The van der Waals surface area contributed by atoms with E-state index in [2.05, 4.69) is 20.4 Å². The minimum Gasteiger partial charge on any atom is -0.381 e. The maximum absolute atomic E-state index is 13.8. The smallest absolute Gasteiger partial charge is 0.381 e. The first-order chi connectivity index (χ1) is 16.1. The van der Waals surface area contributed by atoms with Crippen LogP contribution in [0.2, 0.25) is 0 Å². The van der Waals surface area contributed by atoms with E-state index in [1.165, 1.54) is 32.3 Å². The minimum atomic E-state index is -5.75. The summed E-state index contributed by atoms with van der Waals surface area (Å²) in [5, 5.41) is 29.0. The monoisotopic (exact) mass is 498 g/mol. The molecule has 0 spiro atoms. The fourth-order valence-corrected chi connectivity index (χ4v) is 4.05. The highest BCUT2D eigenvalue weighted by Crippen LogP contribution is 2.49. The number of halogens is 5. The van der Waals surface area contributed by atoms with Crippen LogP contribution in [-0.2, 0) is 17.1 Å². The van der Waals surface area contributed by atoms with Crippen LogP contribution in [0.4, 0.5) is 22.0 Å². The van der Waals surface area contributed by atoms with Gasteiger partial charge >= 0.3 is 12.1 Å². The van der Waals surface area contributed by atoms with Crippen molar-refractivity contribution >= 4 is 0 Å². The van der Waals surface area contributed by atoms with Crippen molar-refractivity contribution in [2.45, 2.75) is 44.1 Å². The summed E-state index contributed by atoms with van der Waals surface area (Å²) in [4.78, 5) is 8.31. The summed E-state index contributed by atoms with van der Waals surface area (Å²) in [6.07, 6.45) is -2.96. The zero-order chi connectivity index (χ0) is 25.9. The van der Waals surface area contributed by atoms with Gasteiger partial charge < -0.3 is 20.1 Å². The van der Waals surface area contributed by atoms with Crippen LogP contribution < -0.4 is 5.32 Å². The molecule has 0 amide bonds. The number of nitrogens with zero attached hydrogens (tertiary/aromatic N) is 3. The van der Waals surface area contributed by atoms with Crippen molar-refractivity contribution in [2.24, 2.45) is 5.41 Å². The molecule has 0 unspecified atom stereocenters. The van der Waals surface area contributed by atoms with Gasteiger partial charge in [-0.05, 0) is 25.5 Å². The summed E-state index contributed by atoms with van der Waals surface area (Å²) in [5.74, 6) is -4.98. The second-order valence-corrected chi connectivity index (χ2v) is 9.47. The fraction of sp³-hybridized carbons (Fsp3) is 0.435. The van der Waals surface area contributed by atoms with Crippen LogP contribution in [0, 0.1) is 5.41 Å². The maximum Gasteiger partial charge on any atom is 0.458 e. The highest BCUT2D eigenvalue weighted by atomic mass is 19.4. The van der Waals surface area contributed by atoms with E-state index in [4.69, 9.17) is 4.52 Å². The predicted octanol–water partition coefficient (Wildman–Crippen LogP) is 3.86. The molecule has 188 valence electrons. The summed E-state index contributed by atoms with van der Waals surface area (Å²) in [6, 6.07) is 4.98. The molecule has 0 saturated carbocycles. The van der Waals surface area contributed by atoms with Crippen LogP contribution in [0.5, 0.6) is 0 Å². The van der Waals surface area contributed by atoms with E-state index in [9.17, 15) is 32.2 Å². The van der Waals surface area contributed by atoms with Gasteiger partial charge in [-0.2, -0.15) is 26.9 Å². The maximum atomic E-state index is 13.8. The number of hydrogen-bond acceptors (Lipinski definition) is 7. The molecule has 12 heteroatoms. The number of pyridine rings is 1. The van der Waals surface area contributed by atoms with Crippen molar-refractivity contribution in [1.82, 2.24) is 20.4 Å². The highest BCUT2D eigenvalue weighted by molar-refractivity contribution is 5.56. The van der Waals surface area contributed by atoms with Crippen molar-refractivity contribution in [1.29, 1.82) is 0 Å². The van der Waals surface area contributed by atoms with E-state index in [0.717, 1.165) is 12.1 Å². The molecule has 1 fully saturated rings. The van der Waals surface area contributed by atoms with Crippen LogP contribution in [0.1, 0.15) is 43.4 Å². The number of aromatic nitrogens is 3. The Morgan fingerprint density at radius 1 is 0.943 bits per heavy atom. The van der Waals surface area contributed by atoms with E-state index < -0.39 is 34.3 Å². The molecule has 1 atom stereocenters. The number of benzene rings is 1.